The van der Waals surface area contributed by atoms with Crippen molar-refractivity contribution >= 4 is 47.2 Å². The molecule has 343 valence electrons. The molecule has 2 unspecified atom stereocenters. The van der Waals surface area contributed by atoms with E-state index in [4.69, 9.17) is 45.9 Å². The molecular weight excluding hydrogens is 895 g/mol. The number of ether oxygens (including phenoxy) is 2. The maximum atomic E-state index is 8.14. The Morgan fingerprint density at radius 2 is 1.21 bits per heavy atom. The highest BCUT2D eigenvalue weighted by Gasteiger charge is 2.67. The zero-order valence-electron chi connectivity index (χ0n) is 37.9. The number of pyridine rings is 2. The first kappa shape index (κ1) is 44.7. The number of aromatic nitrogens is 2. The van der Waals surface area contributed by atoms with Gasteiger partial charge in [-0.15, -0.1) is 0 Å². The average molecular weight is 955 g/mol. The highest BCUT2D eigenvalue weighted by molar-refractivity contribution is 9.10. The van der Waals surface area contributed by atoms with Crippen molar-refractivity contribution in [3.05, 3.63) is 112 Å². The topological polar surface area (TPSA) is 182 Å². The predicted octanol–water partition coefficient (Wildman–Crippen LogP) is 6.70. The van der Waals surface area contributed by atoms with Crippen LogP contribution < -0.4 is 16.1 Å². The van der Waals surface area contributed by atoms with Gasteiger partial charge < -0.3 is 30.6 Å². The van der Waals surface area contributed by atoms with Gasteiger partial charge in [0, 0.05) is 74.3 Å². The summed E-state index contributed by atoms with van der Waals surface area (Å²) in [6.07, 6.45) is 20.4. The first-order valence-corrected chi connectivity index (χ1v) is 24.3. The van der Waals surface area contributed by atoms with Crippen molar-refractivity contribution < 1.29 is 19.2 Å². The number of benzene rings is 2. The Morgan fingerprint density at radius 1 is 0.682 bits per heavy atom. The third-order valence-corrected chi connectivity index (χ3v) is 16.2. The number of amidine groups is 2. The number of fused-ring (bicyclic) bond motifs is 10. The molecule has 0 bridgehead atoms. The quantitative estimate of drug-likeness (QED) is 0.182. The van der Waals surface area contributed by atoms with Gasteiger partial charge in [0.15, 0.2) is 23.0 Å². The molecule has 6 heterocycles. The molecule has 16 heteroatoms. The summed E-state index contributed by atoms with van der Waals surface area (Å²) < 4.78 is 17.1. The van der Waals surface area contributed by atoms with Gasteiger partial charge in [-0.1, -0.05) is 40.2 Å². The molecule has 4 spiro atoms. The van der Waals surface area contributed by atoms with Crippen LogP contribution in [-0.2, 0) is 33.4 Å². The van der Waals surface area contributed by atoms with Crippen molar-refractivity contribution in [2.75, 3.05) is 40.4 Å². The van der Waals surface area contributed by atoms with Crippen LogP contribution in [-0.4, -0.2) is 109 Å². The molecule has 0 amide bonds. The summed E-state index contributed by atoms with van der Waals surface area (Å²) in [7, 11) is 4.29. The molecular formula is C50H59BBrN10O4. The summed E-state index contributed by atoms with van der Waals surface area (Å²) in [6, 6.07) is 21.0. The smallest absolute Gasteiger partial charge is 0.536 e. The van der Waals surface area contributed by atoms with E-state index in [1.165, 1.54) is 34.0 Å². The lowest BCUT2D eigenvalue weighted by atomic mass is 9.61. The van der Waals surface area contributed by atoms with E-state index < -0.39 is 11.1 Å². The largest absolute Gasteiger partial charge is 0.569 e. The maximum absolute atomic E-state index is 8.14. The Morgan fingerprint density at radius 3 is 1.71 bits per heavy atom. The second-order valence-corrected chi connectivity index (χ2v) is 19.8. The lowest BCUT2D eigenvalue weighted by Crippen LogP contribution is -2.53. The SMILES string of the molecule is COC1CCC2(CC1)Cc1ccc(-c3cccnc3)cc1C21N=C(N)N2CCCN=C21.COC1CCC2(CC1)Cc1ccc(Br)cc1C21N=C(N)N2CCCN=C21.O[B]Oc1cccnc1. The second-order valence-electron chi connectivity index (χ2n) is 18.9. The molecule has 4 aromatic rings. The van der Waals surface area contributed by atoms with E-state index in [1.54, 1.807) is 18.3 Å². The first-order chi connectivity index (χ1) is 32.2. The average Bonchev–Trinajstić information content (AvgIpc) is 4.02. The Labute approximate surface area is 396 Å². The van der Waals surface area contributed by atoms with E-state index in [1.807, 2.05) is 32.7 Å². The van der Waals surface area contributed by atoms with Gasteiger partial charge in [-0.2, -0.15) is 0 Å². The van der Waals surface area contributed by atoms with E-state index in [-0.39, 0.29) is 10.8 Å². The van der Waals surface area contributed by atoms with Crippen molar-refractivity contribution in [2.45, 2.75) is 100 Å². The molecule has 14 nitrogen and oxygen atoms in total. The minimum atomic E-state index is -0.482. The maximum Gasteiger partial charge on any atom is 0.569 e. The van der Waals surface area contributed by atoms with Crippen LogP contribution >= 0.6 is 15.9 Å². The van der Waals surface area contributed by atoms with Crippen molar-refractivity contribution in [1.29, 1.82) is 0 Å². The molecule has 4 aliphatic carbocycles. The predicted molar refractivity (Wildman–Crippen MR) is 261 cm³/mol. The molecule has 2 atom stereocenters. The van der Waals surface area contributed by atoms with E-state index in [9.17, 15) is 0 Å². The van der Waals surface area contributed by atoms with Crippen molar-refractivity contribution in [3.63, 3.8) is 0 Å². The number of guanidine groups is 2. The third-order valence-electron chi connectivity index (χ3n) is 15.7. The fourth-order valence-electron chi connectivity index (χ4n) is 12.6. The molecule has 12 rings (SSSR count). The van der Waals surface area contributed by atoms with Crippen LogP contribution in [0.25, 0.3) is 11.1 Å². The van der Waals surface area contributed by atoms with E-state index in [0.29, 0.717) is 37.6 Å². The van der Waals surface area contributed by atoms with E-state index in [0.717, 1.165) is 125 Å². The van der Waals surface area contributed by atoms with Crippen LogP contribution in [0.4, 0.5) is 0 Å². The van der Waals surface area contributed by atoms with Gasteiger partial charge in [-0.25, -0.2) is 9.98 Å². The van der Waals surface area contributed by atoms with Crippen LogP contribution in [0.3, 0.4) is 0 Å². The number of halogens is 1. The fraction of sp³-hybridized carbons (Fsp3) is 0.480. The van der Waals surface area contributed by atoms with Gasteiger partial charge in [0.1, 0.15) is 17.4 Å². The second kappa shape index (κ2) is 18.2. The Hall–Kier alpha value is -5.16. The molecule has 4 aliphatic heterocycles. The van der Waals surface area contributed by atoms with Crippen LogP contribution in [0.5, 0.6) is 5.75 Å². The third kappa shape index (κ3) is 7.33. The molecule has 2 saturated carbocycles. The van der Waals surface area contributed by atoms with Gasteiger partial charge >= 0.3 is 7.69 Å². The number of hydrogen-bond acceptors (Lipinski definition) is 14. The molecule has 66 heavy (non-hydrogen) atoms. The number of rotatable bonds is 5. The Kier molecular flexibility index (Phi) is 12.3. The summed E-state index contributed by atoms with van der Waals surface area (Å²) in [6.45, 7) is 3.56. The van der Waals surface area contributed by atoms with Crippen LogP contribution in [0.15, 0.2) is 110 Å². The molecule has 2 aromatic carbocycles. The lowest BCUT2D eigenvalue weighted by molar-refractivity contribution is 0.0113. The summed E-state index contributed by atoms with van der Waals surface area (Å²) >= 11 is 3.68. The van der Waals surface area contributed by atoms with Crippen molar-refractivity contribution in [1.82, 2.24) is 19.8 Å². The summed E-state index contributed by atoms with van der Waals surface area (Å²) in [5, 5.41) is 8.14. The molecule has 2 fully saturated rings. The molecule has 5 N–H and O–H groups in total. The molecule has 0 saturated heterocycles. The molecule has 1 radical (unpaired) electrons. The van der Waals surface area contributed by atoms with Crippen molar-refractivity contribution in [2.24, 2.45) is 42.3 Å². The highest BCUT2D eigenvalue weighted by atomic mass is 79.9. The van der Waals surface area contributed by atoms with Gasteiger partial charge in [-0.05, 0) is 147 Å². The minimum Gasteiger partial charge on any atom is -0.536 e. The Balaban J connectivity index is 0.000000132. The minimum absolute atomic E-state index is 0.00741. The number of nitrogens with two attached hydrogens (primary N) is 2. The van der Waals surface area contributed by atoms with Gasteiger partial charge in [0.05, 0.1) is 18.4 Å². The van der Waals surface area contributed by atoms with E-state index in [2.05, 4.69) is 82.8 Å². The zero-order chi connectivity index (χ0) is 45.5. The standard InChI is InChI=1S/C25H29N5O.C20H25BrN4O.C5H5BNO2/c1-31-20-7-9-24(10-8-20)15-18-6-5-17(19-4-2-11-27-16-19)14-21(18)25(24)22-28-12-3-13-30(22)23(26)29-25;1-26-15-5-7-19(8-6-15)12-13-3-4-14(21)11-16(13)20(19)17-23-9-2-10-25(17)18(22)24-20;8-6-9-5-2-1-3-7-4-5/h2,4-6,11,14,16,20H,3,7-10,12-13,15H2,1H3,(H2,26,29);3-4,11,15H,2,5-10,12H2,1H3,(H2,22,24);1-4,8H. The number of aliphatic imine (C=N–C) groups is 4. The number of methoxy groups -OCH3 is 2. The van der Waals surface area contributed by atoms with Crippen LogP contribution in [0.2, 0.25) is 0 Å². The number of nitrogens with zero attached hydrogens (tertiary/aromatic N) is 8. The zero-order valence-corrected chi connectivity index (χ0v) is 39.5. The summed E-state index contributed by atoms with van der Waals surface area (Å²) in [4.78, 5) is 33.0. The normalized spacial score (nSPS) is 29.9. The number of hydrogen-bond donors (Lipinski definition) is 3. The van der Waals surface area contributed by atoms with Gasteiger partial charge in [0.2, 0.25) is 0 Å². The molecule has 2 aromatic heterocycles. The lowest BCUT2D eigenvalue weighted by Gasteiger charge is -2.47. The first-order valence-electron chi connectivity index (χ1n) is 23.5. The monoisotopic (exact) mass is 953 g/mol. The Bertz CT molecular complexity index is 2550. The van der Waals surface area contributed by atoms with Crippen LogP contribution in [0.1, 0.15) is 86.5 Å². The molecule has 8 aliphatic rings. The van der Waals surface area contributed by atoms with Gasteiger partial charge in [-0.3, -0.25) is 29.8 Å². The summed E-state index contributed by atoms with van der Waals surface area (Å²) in [5.74, 6) is 3.97. The fourth-order valence-corrected chi connectivity index (χ4v) is 13.0. The van der Waals surface area contributed by atoms with Crippen LogP contribution in [0, 0.1) is 10.8 Å². The summed E-state index contributed by atoms with van der Waals surface area (Å²) in [5.41, 5.74) is 19.8. The highest BCUT2D eigenvalue weighted by Crippen LogP contribution is 2.64. The van der Waals surface area contributed by atoms with Crippen molar-refractivity contribution in [3.8, 4) is 16.9 Å². The van der Waals surface area contributed by atoms with Gasteiger partial charge in [0.25, 0.3) is 0 Å². The van der Waals surface area contributed by atoms with E-state index >= 15 is 0 Å².